The van der Waals surface area contributed by atoms with Crippen LogP contribution in [0.3, 0.4) is 0 Å². The standard InChI is InChI=1S/C24H21ClFN5O/c1-3-20(15-6-10-19(26)11-7-15)30-24(32)22-12-21(16-4-8-18(25)9-5-16)28-23(29-22)17-13-27-31(2)14-17/h4-14,20H,3H2,1-2H3,(H,30,32)/t20-/m0/s1. The van der Waals surface area contributed by atoms with E-state index < -0.39 is 0 Å². The quantitative estimate of drug-likeness (QED) is 0.438. The third-order valence-electron chi connectivity index (χ3n) is 5.05. The zero-order chi connectivity index (χ0) is 22.7. The van der Waals surface area contributed by atoms with Crippen molar-refractivity contribution < 1.29 is 9.18 Å². The first kappa shape index (κ1) is 21.6. The van der Waals surface area contributed by atoms with Crippen LogP contribution in [-0.2, 0) is 7.05 Å². The second-order valence-electron chi connectivity index (χ2n) is 7.36. The Morgan fingerprint density at radius 1 is 1.09 bits per heavy atom. The van der Waals surface area contributed by atoms with E-state index in [1.54, 1.807) is 54.5 Å². The van der Waals surface area contributed by atoms with Gasteiger partial charge in [0.25, 0.3) is 5.91 Å². The molecular weight excluding hydrogens is 429 g/mol. The van der Waals surface area contributed by atoms with Gasteiger partial charge in [0.05, 0.1) is 23.5 Å². The maximum Gasteiger partial charge on any atom is 0.270 e. The third kappa shape index (κ3) is 4.84. The topological polar surface area (TPSA) is 72.7 Å². The molecule has 0 spiro atoms. The zero-order valence-electron chi connectivity index (χ0n) is 17.6. The Kier molecular flexibility index (Phi) is 6.28. The van der Waals surface area contributed by atoms with E-state index >= 15 is 0 Å². The van der Waals surface area contributed by atoms with Crippen molar-refractivity contribution in [2.45, 2.75) is 19.4 Å². The van der Waals surface area contributed by atoms with Crippen LogP contribution < -0.4 is 5.32 Å². The van der Waals surface area contributed by atoms with Crippen LogP contribution in [0.5, 0.6) is 0 Å². The highest BCUT2D eigenvalue weighted by molar-refractivity contribution is 6.30. The molecule has 162 valence electrons. The van der Waals surface area contributed by atoms with E-state index in [1.807, 2.05) is 19.1 Å². The maximum atomic E-state index is 13.3. The fraction of sp³-hybridized carbons (Fsp3) is 0.167. The minimum Gasteiger partial charge on any atom is -0.344 e. The van der Waals surface area contributed by atoms with Crippen LogP contribution in [0.1, 0.15) is 35.4 Å². The number of hydrogen-bond acceptors (Lipinski definition) is 4. The lowest BCUT2D eigenvalue weighted by atomic mass is 10.0. The number of nitrogens with one attached hydrogen (secondary N) is 1. The summed E-state index contributed by atoms with van der Waals surface area (Å²) in [5.74, 6) is -0.270. The molecule has 1 N–H and O–H groups in total. The molecule has 1 atom stereocenters. The summed E-state index contributed by atoms with van der Waals surface area (Å²) in [6.45, 7) is 1.95. The Hall–Kier alpha value is -3.58. The first-order valence-electron chi connectivity index (χ1n) is 10.1. The number of carbonyl (C=O) groups is 1. The van der Waals surface area contributed by atoms with E-state index in [2.05, 4.69) is 20.4 Å². The molecule has 0 saturated heterocycles. The number of aromatic nitrogens is 4. The molecule has 2 aromatic carbocycles. The van der Waals surface area contributed by atoms with Gasteiger partial charge in [-0.1, -0.05) is 42.8 Å². The van der Waals surface area contributed by atoms with Gasteiger partial charge in [0, 0.05) is 23.8 Å². The van der Waals surface area contributed by atoms with Gasteiger partial charge in [-0.2, -0.15) is 5.10 Å². The van der Waals surface area contributed by atoms with Gasteiger partial charge < -0.3 is 5.32 Å². The lowest BCUT2D eigenvalue weighted by Gasteiger charge is -2.17. The van der Waals surface area contributed by atoms with Gasteiger partial charge in [0.15, 0.2) is 5.82 Å². The molecule has 0 saturated carbocycles. The fourth-order valence-electron chi connectivity index (χ4n) is 3.35. The average molecular weight is 450 g/mol. The zero-order valence-corrected chi connectivity index (χ0v) is 18.3. The molecule has 6 nitrogen and oxygen atoms in total. The van der Waals surface area contributed by atoms with Crippen LogP contribution in [0.25, 0.3) is 22.6 Å². The fourth-order valence-corrected chi connectivity index (χ4v) is 3.47. The molecule has 0 unspecified atom stereocenters. The largest absolute Gasteiger partial charge is 0.344 e. The minimum absolute atomic E-state index is 0.226. The van der Waals surface area contributed by atoms with E-state index in [0.29, 0.717) is 28.5 Å². The predicted octanol–water partition coefficient (Wildman–Crippen LogP) is 5.22. The SMILES string of the molecule is CC[C@H](NC(=O)c1cc(-c2ccc(Cl)cc2)nc(-c2cnn(C)c2)n1)c1ccc(F)cc1. The highest BCUT2D eigenvalue weighted by atomic mass is 35.5. The smallest absolute Gasteiger partial charge is 0.270 e. The summed E-state index contributed by atoms with van der Waals surface area (Å²) < 4.78 is 14.9. The third-order valence-corrected chi connectivity index (χ3v) is 5.30. The molecular formula is C24H21ClFN5O. The highest BCUT2D eigenvalue weighted by Gasteiger charge is 2.19. The van der Waals surface area contributed by atoms with Crippen molar-refractivity contribution in [3.8, 4) is 22.6 Å². The summed E-state index contributed by atoms with van der Waals surface area (Å²) in [6, 6.07) is 14.7. The van der Waals surface area contributed by atoms with Gasteiger partial charge in [0.2, 0.25) is 0 Å². The second kappa shape index (κ2) is 9.28. The summed E-state index contributed by atoms with van der Waals surface area (Å²) >= 11 is 6.02. The van der Waals surface area contributed by atoms with Crippen molar-refractivity contribution in [2.75, 3.05) is 0 Å². The van der Waals surface area contributed by atoms with Gasteiger partial charge in [-0.15, -0.1) is 0 Å². The number of amides is 1. The Labute approximate surface area is 190 Å². The van der Waals surface area contributed by atoms with Crippen LogP contribution in [0, 0.1) is 5.82 Å². The summed E-state index contributed by atoms with van der Waals surface area (Å²) in [6.07, 6.45) is 4.08. The predicted molar refractivity (Wildman–Crippen MR) is 122 cm³/mol. The molecule has 4 aromatic rings. The summed E-state index contributed by atoms with van der Waals surface area (Å²) in [5, 5.41) is 7.78. The monoisotopic (exact) mass is 449 g/mol. The molecule has 0 aliphatic heterocycles. The summed E-state index contributed by atoms with van der Waals surface area (Å²) in [5.41, 5.74) is 3.14. The normalized spacial score (nSPS) is 11.9. The maximum absolute atomic E-state index is 13.3. The van der Waals surface area contributed by atoms with Crippen molar-refractivity contribution in [1.82, 2.24) is 25.1 Å². The Bertz CT molecular complexity index is 1240. The minimum atomic E-state index is -0.344. The molecule has 32 heavy (non-hydrogen) atoms. The highest BCUT2D eigenvalue weighted by Crippen LogP contribution is 2.25. The van der Waals surface area contributed by atoms with Gasteiger partial charge in [-0.05, 0) is 42.3 Å². The average Bonchev–Trinajstić information content (AvgIpc) is 3.24. The number of nitrogens with zero attached hydrogens (tertiary/aromatic N) is 4. The van der Waals surface area contributed by atoms with E-state index in [9.17, 15) is 9.18 Å². The summed E-state index contributed by atoms with van der Waals surface area (Å²) in [7, 11) is 1.80. The molecule has 0 aliphatic rings. The molecule has 0 aliphatic carbocycles. The number of aryl methyl sites for hydroxylation is 1. The number of halogens is 2. The van der Waals surface area contributed by atoms with E-state index in [1.165, 1.54) is 12.1 Å². The molecule has 1 amide bonds. The van der Waals surface area contributed by atoms with Gasteiger partial charge in [-0.3, -0.25) is 9.48 Å². The first-order chi connectivity index (χ1) is 15.4. The Balaban J connectivity index is 1.71. The van der Waals surface area contributed by atoms with Crippen molar-refractivity contribution in [1.29, 1.82) is 0 Å². The molecule has 0 fully saturated rings. The van der Waals surface area contributed by atoms with Crippen molar-refractivity contribution >= 4 is 17.5 Å². The molecule has 2 heterocycles. The van der Waals surface area contributed by atoms with Crippen LogP contribution in [0.4, 0.5) is 4.39 Å². The van der Waals surface area contributed by atoms with Gasteiger partial charge in [0.1, 0.15) is 11.5 Å². The van der Waals surface area contributed by atoms with E-state index in [4.69, 9.17) is 11.6 Å². The second-order valence-corrected chi connectivity index (χ2v) is 7.79. The molecule has 8 heteroatoms. The lowest BCUT2D eigenvalue weighted by molar-refractivity contribution is 0.0930. The van der Waals surface area contributed by atoms with E-state index in [-0.39, 0.29) is 23.5 Å². The van der Waals surface area contributed by atoms with Gasteiger partial charge in [-0.25, -0.2) is 14.4 Å². The van der Waals surface area contributed by atoms with Crippen LogP contribution in [-0.4, -0.2) is 25.7 Å². The van der Waals surface area contributed by atoms with Crippen LogP contribution >= 0.6 is 11.6 Å². The Morgan fingerprint density at radius 2 is 1.81 bits per heavy atom. The van der Waals surface area contributed by atoms with Crippen molar-refractivity contribution in [3.63, 3.8) is 0 Å². The van der Waals surface area contributed by atoms with Gasteiger partial charge >= 0.3 is 0 Å². The summed E-state index contributed by atoms with van der Waals surface area (Å²) in [4.78, 5) is 22.3. The van der Waals surface area contributed by atoms with Crippen molar-refractivity contribution in [2.24, 2.45) is 7.05 Å². The lowest BCUT2D eigenvalue weighted by Crippen LogP contribution is -2.29. The van der Waals surface area contributed by atoms with Crippen LogP contribution in [0.15, 0.2) is 67.0 Å². The number of hydrogen-bond donors (Lipinski definition) is 1. The van der Waals surface area contributed by atoms with Crippen molar-refractivity contribution in [3.05, 3.63) is 89.1 Å². The van der Waals surface area contributed by atoms with E-state index in [0.717, 1.165) is 11.1 Å². The number of carbonyl (C=O) groups excluding carboxylic acids is 1. The molecule has 0 bridgehead atoms. The molecule has 0 radical (unpaired) electrons. The number of rotatable bonds is 6. The molecule has 2 aromatic heterocycles. The molecule has 4 rings (SSSR count). The van der Waals surface area contributed by atoms with Crippen LogP contribution in [0.2, 0.25) is 5.02 Å². The first-order valence-corrected chi connectivity index (χ1v) is 10.5. The number of benzene rings is 2. The Morgan fingerprint density at radius 3 is 2.44 bits per heavy atom.